The Morgan fingerprint density at radius 1 is 1.30 bits per heavy atom. The van der Waals surface area contributed by atoms with Crippen LogP contribution in [0.2, 0.25) is 0 Å². The Bertz CT molecular complexity index is 713. The lowest BCUT2D eigenvalue weighted by atomic mass is 10.2. The zero-order valence-corrected chi connectivity index (χ0v) is 12.9. The van der Waals surface area contributed by atoms with Crippen LogP contribution in [0.15, 0.2) is 47.6 Å². The number of carbonyl (C=O) groups excluding carboxylic acids is 1. The molecule has 2 aromatic rings. The van der Waals surface area contributed by atoms with Gasteiger partial charge in [0, 0.05) is 0 Å². The molecule has 23 heavy (non-hydrogen) atoms. The molecule has 0 bridgehead atoms. The Kier molecular flexibility index (Phi) is 5.57. The van der Waals surface area contributed by atoms with Crippen molar-refractivity contribution in [3.63, 3.8) is 0 Å². The first-order chi connectivity index (χ1) is 11.1. The molecule has 2 rings (SSSR count). The van der Waals surface area contributed by atoms with Gasteiger partial charge in [0.05, 0.1) is 13.3 Å². The number of methoxy groups -OCH3 is 1. The largest absolute Gasteiger partial charge is 0.504 e. The number of rotatable bonds is 6. The van der Waals surface area contributed by atoms with Crippen LogP contribution in [0.25, 0.3) is 0 Å². The molecule has 0 heterocycles. The van der Waals surface area contributed by atoms with Crippen molar-refractivity contribution in [3.8, 4) is 17.2 Å². The zero-order chi connectivity index (χ0) is 16.7. The molecule has 0 saturated heterocycles. The molecule has 0 aliphatic heterocycles. The zero-order valence-electron chi connectivity index (χ0n) is 12.9. The maximum absolute atomic E-state index is 11.7. The molecule has 6 nitrogen and oxygen atoms in total. The summed E-state index contributed by atoms with van der Waals surface area (Å²) >= 11 is 0. The number of phenolic OH excluding ortho intramolecular Hbond substituents is 1. The summed E-state index contributed by atoms with van der Waals surface area (Å²) in [6.07, 6.45) is 1.45. The summed E-state index contributed by atoms with van der Waals surface area (Å²) in [7, 11) is 1.46. The Morgan fingerprint density at radius 3 is 2.87 bits per heavy atom. The predicted molar refractivity (Wildman–Crippen MR) is 87.1 cm³/mol. The van der Waals surface area contributed by atoms with Gasteiger partial charge in [0.25, 0.3) is 5.91 Å². The van der Waals surface area contributed by atoms with Gasteiger partial charge in [-0.1, -0.05) is 12.1 Å². The molecule has 120 valence electrons. The van der Waals surface area contributed by atoms with Crippen molar-refractivity contribution in [3.05, 3.63) is 53.6 Å². The third-order valence-electron chi connectivity index (χ3n) is 2.97. The summed E-state index contributed by atoms with van der Waals surface area (Å²) in [5.74, 6) is 0.643. The van der Waals surface area contributed by atoms with E-state index in [-0.39, 0.29) is 18.3 Å². The van der Waals surface area contributed by atoms with Gasteiger partial charge in [0.1, 0.15) is 5.75 Å². The molecule has 0 aliphatic carbocycles. The molecular weight excluding hydrogens is 296 g/mol. The fourth-order valence-corrected chi connectivity index (χ4v) is 1.84. The maximum Gasteiger partial charge on any atom is 0.277 e. The van der Waals surface area contributed by atoms with E-state index in [0.29, 0.717) is 17.1 Å². The Morgan fingerprint density at radius 2 is 2.13 bits per heavy atom. The van der Waals surface area contributed by atoms with Crippen molar-refractivity contribution in [2.24, 2.45) is 5.10 Å². The van der Waals surface area contributed by atoms with Crippen LogP contribution >= 0.6 is 0 Å². The van der Waals surface area contributed by atoms with Gasteiger partial charge in [-0.15, -0.1) is 0 Å². The molecular formula is C17H18N2O4. The van der Waals surface area contributed by atoms with Crippen LogP contribution in [-0.4, -0.2) is 30.9 Å². The second kappa shape index (κ2) is 7.84. The van der Waals surface area contributed by atoms with Gasteiger partial charge >= 0.3 is 0 Å². The molecule has 1 amide bonds. The van der Waals surface area contributed by atoms with E-state index in [1.807, 2.05) is 25.1 Å². The molecule has 2 aromatic carbocycles. The Labute approximate surface area is 134 Å². The number of hydrazone groups is 1. The summed E-state index contributed by atoms with van der Waals surface area (Å²) in [5.41, 5.74) is 4.11. The average Bonchev–Trinajstić information content (AvgIpc) is 2.54. The van der Waals surface area contributed by atoms with Gasteiger partial charge in [-0.2, -0.15) is 5.10 Å². The van der Waals surface area contributed by atoms with Crippen molar-refractivity contribution in [2.45, 2.75) is 6.92 Å². The molecule has 0 radical (unpaired) electrons. The third kappa shape index (κ3) is 5.03. The number of aryl methyl sites for hydroxylation is 1. The van der Waals surface area contributed by atoms with E-state index in [9.17, 15) is 9.90 Å². The highest BCUT2D eigenvalue weighted by Gasteiger charge is 2.03. The van der Waals surface area contributed by atoms with Crippen LogP contribution in [-0.2, 0) is 4.79 Å². The van der Waals surface area contributed by atoms with Gasteiger partial charge in [-0.3, -0.25) is 4.79 Å². The van der Waals surface area contributed by atoms with Crippen molar-refractivity contribution in [2.75, 3.05) is 13.7 Å². The number of aromatic hydroxyl groups is 1. The average molecular weight is 314 g/mol. The standard InChI is InChI=1S/C17H18N2O4/c1-12-4-3-5-14(8-12)23-11-17(21)19-18-10-13-6-7-15(20)16(9-13)22-2/h3-10,20H,11H2,1-2H3,(H,19,21)/b18-10+. The molecule has 0 unspecified atom stereocenters. The topological polar surface area (TPSA) is 80.2 Å². The summed E-state index contributed by atoms with van der Waals surface area (Å²) < 4.78 is 10.4. The van der Waals surface area contributed by atoms with Crippen LogP contribution in [0, 0.1) is 6.92 Å². The molecule has 0 spiro atoms. The van der Waals surface area contributed by atoms with E-state index in [4.69, 9.17) is 9.47 Å². The number of nitrogens with one attached hydrogen (secondary N) is 1. The highest BCUT2D eigenvalue weighted by molar-refractivity contribution is 5.83. The van der Waals surface area contributed by atoms with Crippen molar-refractivity contribution in [1.29, 1.82) is 0 Å². The van der Waals surface area contributed by atoms with Crippen LogP contribution in [0.3, 0.4) is 0 Å². The van der Waals surface area contributed by atoms with E-state index in [1.54, 1.807) is 18.2 Å². The minimum Gasteiger partial charge on any atom is -0.504 e. The predicted octanol–water partition coefficient (Wildman–Crippen LogP) is 2.24. The third-order valence-corrected chi connectivity index (χ3v) is 2.97. The summed E-state index contributed by atoms with van der Waals surface area (Å²) in [6.45, 7) is 1.82. The number of nitrogens with zero attached hydrogens (tertiary/aromatic N) is 1. The summed E-state index contributed by atoms with van der Waals surface area (Å²) in [4.78, 5) is 11.7. The molecule has 0 aliphatic rings. The minimum atomic E-state index is -0.367. The number of phenols is 1. The van der Waals surface area contributed by atoms with Crippen LogP contribution in [0.4, 0.5) is 0 Å². The Balaban J connectivity index is 1.84. The normalized spacial score (nSPS) is 10.5. The highest BCUT2D eigenvalue weighted by Crippen LogP contribution is 2.25. The first kappa shape index (κ1) is 16.4. The van der Waals surface area contributed by atoms with Gasteiger partial charge in [-0.25, -0.2) is 5.43 Å². The monoisotopic (exact) mass is 314 g/mol. The number of carbonyl (C=O) groups is 1. The number of hydrogen-bond acceptors (Lipinski definition) is 5. The van der Waals surface area contributed by atoms with E-state index < -0.39 is 0 Å². The lowest BCUT2D eigenvalue weighted by molar-refractivity contribution is -0.123. The quantitative estimate of drug-likeness (QED) is 0.633. The lowest BCUT2D eigenvalue weighted by Crippen LogP contribution is -2.24. The smallest absolute Gasteiger partial charge is 0.277 e. The van der Waals surface area contributed by atoms with Gasteiger partial charge in [-0.05, 0) is 48.4 Å². The number of benzene rings is 2. The number of hydrogen-bond donors (Lipinski definition) is 2. The van der Waals surface area contributed by atoms with Crippen LogP contribution in [0.1, 0.15) is 11.1 Å². The summed E-state index contributed by atoms with van der Waals surface area (Å²) in [5, 5.41) is 13.3. The van der Waals surface area contributed by atoms with Gasteiger partial charge < -0.3 is 14.6 Å². The second-order valence-corrected chi connectivity index (χ2v) is 4.83. The van der Waals surface area contributed by atoms with E-state index in [0.717, 1.165) is 5.56 Å². The van der Waals surface area contributed by atoms with Crippen molar-refractivity contribution < 1.29 is 19.4 Å². The second-order valence-electron chi connectivity index (χ2n) is 4.83. The molecule has 0 fully saturated rings. The number of amides is 1. The maximum atomic E-state index is 11.7. The first-order valence-corrected chi connectivity index (χ1v) is 6.97. The Hall–Kier alpha value is -3.02. The van der Waals surface area contributed by atoms with Crippen molar-refractivity contribution >= 4 is 12.1 Å². The number of ether oxygens (including phenoxy) is 2. The highest BCUT2D eigenvalue weighted by atomic mass is 16.5. The molecule has 0 atom stereocenters. The molecule has 6 heteroatoms. The molecule has 0 aromatic heterocycles. The van der Waals surface area contributed by atoms with Gasteiger partial charge in [0.15, 0.2) is 18.1 Å². The van der Waals surface area contributed by atoms with E-state index in [1.165, 1.54) is 19.4 Å². The SMILES string of the molecule is COc1cc(/C=N/NC(=O)COc2cccc(C)c2)ccc1O. The van der Waals surface area contributed by atoms with Crippen molar-refractivity contribution in [1.82, 2.24) is 5.43 Å². The fraction of sp³-hybridized carbons (Fsp3) is 0.176. The molecule has 2 N–H and O–H groups in total. The van der Waals surface area contributed by atoms with E-state index >= 15 is 0 Å². The van der Waals surface area contributed by atoms with Crippen LogP contribution in [0.5, 0.6) is 17.2 Å². The van der Waals surface area contributed by atoms with Crippen LogP contribution < -0.4 is 14.9 Å². The minimum absolute atomic E-state index is 0.0419. The van der Waals surface area contributed by atoms with E-state index in [2.05, 4.69) is 10.5 Å². The lowest BCUT2D eigenvalue weighted by Gasteiger charge is -2.05. The molecule has 0 saturated carbocycles. The summed E-state index contributed by atoms with van der Waals surface area (Å²) in [6, 6.07) is 12.2. The van der Waals surface area contributed by atoms with Gasteiger partial charge in [0.2, 0.25) is 0 Å². The fourth-order valence-electron chi connectivity index (χ4n) is 1.84. The first-order valence-electron chi connectivity index (χ1n) is 6.97.